The normalized spacial score (nSPS) is 10.8. The average Bonchev–Trinajstić information content (AvgIpc) is 3.15. The molecule has 7 nitrogen and oxygen atoms in total. The third-order valence-electron chi connectivity index (χ3n) is 3.44. The molecule has 0 spiro atoms. The maximum absolute atomic E-state index is 12.0. The summed E-state index contributed by atoms with van der Waals surface area (Å²) in [5, 5.41) is 2.66. The van der Waals surface area contributed by atoms with E-state index in [1.165, 1.54) is 6.08 Å². The number of benzene rings is 2. The molecule has 0 bridgehead atoms. The van der Waals surface area contributed by atoms with Gasteiger partial charge in [0.15, 0.2) is 6.61 Å². The molecule has 1 heterocycles. The Morgan fingerprint density at radius 1 is 1.15 bits per heavy atom. The summed E-state index contributed by atoms with van der Waals surface area (Å²) in [6, 6.07) is 12.5. The Hall–Kier alpha value is -3.26. The summed E-state index contributed by atoms with van der Waals surface area (Å²) in [5.74, 6) is -0.441. The van der Waals surface area contributed by atoms with Gasteiger partial charge in [-0.1, -0.05) is 24.3 Å². The van der Waals surface area contributed by atoms with E-state index in [2.05, 4.69) is 14.1 Å². The van der Waals surface area contributed by atoms with Crippen LogP contribution in [0.1, 0.15) is 5.56 Å². The predicted molar refractivity (Wildman–Crippen MR) is 99.0 cm³/mol. The molecular weight excluding hydrogens is 354 g/mol. The Morgan fingerprint density at radius 2 is 2.00 bits per heavy atom. The maximum atomic E-state index is 12.0. The van der Waals surface area contributed by atoms with Crippen LogP contribution < -0.4 is 10.1 Å². The van der Waals surface area contributed by atoms with Crippen LogP contribution >= 0.6 is 11.7 Å². The smallest absolute Gasteiger partial charge is 0.331 e. The van der Waals surface area contributed by atoms with Gasteiger partial charge < -0.3 is 14.8 Å². The van der Waals surface area contributed by atoms with E-state index in [9.17, 15) is 9.59 Å². The summed E-state index contributed by atoms with van der Waals surface area (Å²) in [5.41, 5.74) is 2.57. The van der Waals surface area contributed by atoms with Crippen LogP contribution in [-0.4, -0.2) is 34.3 Å². The van der Waals surface area contributed by atoms with Gasteiger partial charge >= 0.3 is 5.97 Å². The van der Waals surface area contributed by atoms with Crippen molar-refractivity contribution in [2.75, 3.05) is 19.0 Å². The first-order valence-corrected chi connectivity index (χ1v) is 8.39. The Morgan fingerprint density at radius 3 is 2.85 bits per heavy atom. The van der Waals surface area contributed by atoms with Crippen molar-refractivity contribution in [2.24, 2.45) is 0 Å². The molecule has 0 saturated heterocycles. The largest absolute Gasteiger partial charge is 0.496 e. The first kappa shape index (κ1) is 17.6. The highest BCUT2D eigenvalue weighted by Crippen LogP contribution is 2.21. The van der Waals surface area contributed by atoms with Gasteiger partial charge in [-0.2, -0.15) is 8.75 Å². The standard InChI is InChI=1S/C18H15N3O4S/c1-24-15-8-3-2-5-12(15)9-10-17(23)25-11-16(22)19-13-6-4-7-14-18(13)21-26-20-14/h2-10H,11H2,1H3,(H,19,22)/b10-9+. The second-order valence-corrected chi connectivity index (χ2v) is 5.70. The predicted octanol–water partition coefficient (Wildman–Crippen LogP) is 2.90. The minimum Gasteiger partial charge on any atom is -0.496 e. The van der Waals surface area contributed by atoms with Crippen molar-refractivity contribution in [1.29, 1.82) is 0 Å². The van der Waals surface area contributed by atoms with Crippen molar-refractivity contribution < 1.29 is 19.1 Å². The minimum atomic E-state index is -0.625. The summed E-state index contributed by atoms with van der Waals surface area (Å²) in [6.07, 6.45) is 2.82. The molecule has 0 radical (unpaired) electrons. The third kappa shape index (κ3) is 4.22. The molecule has 2 aromatic carbocycles. The number of carbonyl (C=O) groups excluding carboxylic acids is 2. The number of rotatable bonds is 6. The summed E-state index contributed by atoms with van der Waals surface area (Å²) >= 11 is 1.06. The van der Waals surface area contributed by atoms with Crippen LogP contribution in [0.5, 0.6) is 5.75 Å². The number of hydrogen-bond donors (Lipinski definition) is 1. The number of esters is 1. The first-order valence-electron chi connectivity index (χ1n) is 7.66. The lowest BCUT2D eigenvalue weighted by Gasteiger charge is -2.06. The van der Waals surface area contributed by atoms with Crippen molar-refractivity contribution in [3.63, 3.8) is 0 Å². The van der Waals surface area contributed by atoms with E-state index in [0.29, 0.717) is 22.5 Å². The van der Waals surface area contributed by atoms with Gasteiger partial charge in [0, 0.05) is 11.6 Å². The summed E-state index contributed by atoms with van der Waals surface area (Å²) < 4.78 is 18.4. The number of hydrogen-bond acceptors (Lipinski definition) is 7. The molecule has 0 unspecified atom stereocenters. The van der Waals surface area contributed by atoms with Gasteiger partial charge in [0.25, 0.3) is 5.91 Å². The molecule has 0 aliphatic rings. The van der Waals surface area contributed by atoms with Gasteiger partial charge in [-0.3, -0.25) is 4.79 Å². The number of nitrogens with one attached hydrogen (secondary N) is 1. The zero-order valence-corrected chi connectivity index (χ0v) is 14.7. The molecule has 0 fully saturated rings. The molecule has 0 atom stereocenters. The summed E-state index contributed by atoms with van der Waals surface area (Å²) in [7, 11) is 1.55. The molecule has 1 aromatic heterocycles. The molecule has 3 rings (SSSR count). The maximum Gasteiger partial charge on any atom is 0.331 e. The van der Waals surface area contributed by atoms with Crippen molar-refractivity contribution >= 4 is 46.4 Å². The number of anilines is 1. The minimum absolute atomic E-state index is 0.400. The number of carbonyl (C=O) groups is 2. The molecule has 0 saturated carbocycles. The van der Waals surface area contributed by atoms with Crippen LogP contribution in [0.4, 0.5) is 5.69 Å². The SMILES string of the molecule is COc1ccccc1/C=C/C(=O)OCC(=O)Nc1cccc2nsnc12. The number of para-hydroxylation sites is 1. The van der Waals surface area contributed by atoms with Crippen LogP contribution in [-0.2, 0) is 14.3 Å². The van der Waals surface area contributed by atoms with E-state index in [1.807, 2.05) is 12.1 Å². The molecule has 26 heavy (non-hydrogen) atoms. The highest BCUT2D eigenvalue weighted by Gasteiger charge is 2.10. The third-order valence-corrected chi connectivity index (χ3v) is 3.99. The monoisotopic (exact) mass is 369 g/mol. The fourth-order valence-electron chi connectivity index (χ4n) is 2.24. The molecule has 0 aliphatic heterocycles. The van der Waals surface area contributed by atoms with Crippen molar-refractivity contribution in [3.05, 3.63) is 54.1 Å². The van der Waals surface area contributed by atoms with Crippen molar-refractivity contribution in [1.82, 2.24) is 8.75 Å². The number of nitrogens with zero attached hydrogens (tertiary/aromatic N) is 2. The highest BCUT2D eigenvalue weighted by molar-refractivity contribution is 7.00. The fourth-order valence-corrected chi connectivity index (χ4v) is 2.79. The average molecular weight is 369 g/mol. The van der Waals surface area contributed by atoms with E-state index in [0.717, 1.165) is 17.3 Å². The molecule has 1 amide bonds. The number of ether oxygens (including phenoxy) is 2. The molecule has 0 aliphatic carbocycles. The van der Waals surface area contributed by atoms with Gasteiger partial charge in [0.05, 0.1) is 24.5 Å². The van der Waals surface area contributed by atoms with Crippen LogP contribution in [0.3, 0.4) is 0 Å². The molecule has 3 aromatic rings. The lowest BCUT2D eigenvalue weighted by atomic mass is 10.2. The van der Waals surface area contributed by atoms with Crippen molar-refractivity contribution in [3.8, 4) is 5.75 Å². The van der Waals surface area contributed by atoms with E-state index < -0.39 is 18.5 Å². The van der Waals surface area contributed by atoms with Gasteiger partial charge in [0.2, 0.25) is 0 Å². The summed E-state index contributed by atoms with van der Waals surface area (Å²) in [4.78, 5) is 23.8. The highest BCUT2D eigenvalue weighted by atomic mass is 32.1. The lowest BCUT2D eigenvalue weighted by Crippen LogP contribution is -2.20. The van der Waals surface area contributed by atoms with Crippen molar-refractivity contribution in [2.45, 2.75) is 0 Å². The molecule has 8 heteroatoms. The quantitative estimate of drug-likeness (QED) is 0.531. The topological polar surface area (TPSA) is 90.4 Å². The lowest BCUT2D eigenvalue weighted by molar-refractivity contribution is -0.142. The van der Waals surface area contributed by atoms with Crippen LogP contribution in [0.25, 0.3) is 17.1 Å². The Kier molecular flexibility index (Phi) is 5.55. The van der Waals surface area contributed by atoms with Gasteiger partial charge in [-0.25, -0.2) is 4.79 Å². The Labute approximate surface area is 153 Å². The second-order valence-electron chi connectivity index (χ2n) is 5.17. The van der Waals surface area contributed by atoms with Gasteiger partial charge in [-0.15, -0.1) is 0 Å². The zero-order valence-electron chi connectivity index (χ0n) is 13.8. The van der Waals surface area contributed by atoms with E-state index in [-0.39, 0.29) is 0 Å². The Balaban J connectivity index is 1.55. The van der Waals surface area contributed by atoms with E-state index in [4.69, 9.17) is 9.47 Å². The number of fused-ring (bicyclic) bond motifs is 1. The van der Waals surface area contributed by atoms with E-state index >= 15 is 0 Å². The van der Waals surface area contributed by atoms with Crippen LogP contribution in [0.2, 0.25) is 0 Å². The number of methoxy groups -OCH3 is 1. The first-order chi connectivity index (χ1) is 12.7. The summed E-state index contributed by atoms with van der Waals surface area (Å²) in [6.45, 7) is -0.400. The van der Waals surface area contributed by atoms with E-state index in [1.54, 1.807) is 43.5 Å². The van der Waals surface area contributed by atoms with Crippen LogP contribution in [0.15, 0.2) is 48.5 Å². The van der Waals surface area contributed by atoms with Gasteiger partial charge in [0.1, 0.15) is 16.8 Å². The van der Waals surface area contributed by atoms with Gasteiger partial charge in [-0.05, 0) is 24.3 Å². The molecular formula is C18H15N3O4S. The zero-order chi connectivity index (χ0) is 18.4. The second kappa shape index (κ2) is 8.21. The fraction of sp³-hybridized carbons (Fsp3) is 0.111. The van der Waals surface area contributed by atoms with Crippen LogP contribution in [0, 0.1) is 0 Å². The number of amides is 1. The Bertz CT molecular complexity index is 968. The number of aromatic nitrogens is 2. The molecule has 1 N–H and O–H groups in total. The molecule has 132 valence electrons.